The number of benzene rings is 1. The van der Waals surface area contributed by atoms with Gasteiger partial charge in [-0.3, -0.25) is 0 Å². The first-order valence-corrected chi connectivity index (χ1v) is 5.87. The van der Waals surface area contributed by atoms with Gasteiger partial charge < -0.3 is 9.73 Å². The Kier molecular flexibility index (Phi) is 3.90. The Balaban J connectivity index is 2.36. The molecule has 0 aliphatic heterocycles. The number of nitrogens with zero attached hydrogens (tertiary/aromatic N) is 1. The number of hydrogen-bond acceptors (Lipinski definition) is 3. The van der Waals surface area contributed by atoms with Crippen LogP contribution in [0.5, 0.6) is 0 Å². The first-order chi connectivity index (χ1) is 9.04. The number of halogens is 3. The minimum absolute atomic E-state index is 0.0659. The van der Waals surface area contributed by atoms with Gasteiger partial charge in [-0.25, -0.2) is 18.2 Å². The summed E-state index contributed by atoms with van der Waals surface area (Å²) in [6, 6.07) is 1.83. The molecule has 3 nitrogen and oxygen atoms in total. The smallest absolute Gasteiger partial charge is 0.211 e. The maximum Gasteiger partial charge on any atom is 0.211 e. The van der Waals surface area contributed by atoms with Crippen molar-refractivity contribution in [3.8, 4) is 11.3 Å². The molecule has 1 heterocycles. The molecule has 1 N–H and O–H groups in total. The van der Waals surface area contributed by atoms with Crippen LogP contribution in [0.4, 0.5) is 13.2 Å². The van der Waals surface area contributed by atoms with E-state index in [-0.39, 0.29) is 17.4 Å². The molecule has 1 aromatic carbocycles. The lowest BCUT2D eigenvalue weighted by Crippen LogP contribution is -2.17. The highest BCUT2D eigenvalue weighted by molar-refractivity contribution is 5.57. The van der Waals surface area contributed by atoms with Crippen LogP contribution in [0.1, 0.15) is 25.8 Å². The summed E-state index contributed by atoms with van der Waals surface area (Å²) in [7, 11) is 0. The molecule has 1 atom stereocenters. The third kappa shape index (κ3) is 2.63. The van der Waals surface area contributed by atoms with Crippen LogP contribution in [0.25, 0.3) is 11.3 Å². The third-order valence-corrected chi connectivity index (χ3v) is 2.70. The predicted molar refractivity (Wildman–Crippen MR) is 63.9 cm³/mol. The van der Waals surface area contributed by atoms with E-state index < -0.39 is 17.5 Å². The van der Waals surface area contributed by atoms with E-state index in [4.69, 9.17) is 4.42 Å². The lowest BCUT2D eigenvalue weighted by atomic mass is 10.1. The molecule has 0 radical (unpaired) electrons. The lowest BCUT2D eigenvalue weighted by Gasteiger charge is -2.07. The number of rotatable bonds is 4. The standard InChI is InChI=1S/C13H13F3N2O/c1-3-17-7(2)13-18-6-10(19-13)8-4-5-9(14)12(16)11(8)15/h4-7,17H,3H2,1-2H3. The molecule has 0 aliphatic carbocycles. The van der Waals surface area contributed by atoms with Crippen LogP contribution >= 0.6 is 0 Å². The van der Waals surface area contributed by atoms with Crippen molar-refractivity contribution in [3.63, 3.8) is 0 Å². The molecule has 0 saturated heterocycles. The van der Waals surface area contributed by atoms with E-state index in [0.717, 1.165) is 18.7 Å². The second-order valence-corrected chi connectivity index (χ2v) is 4.07. The van der Waals surface area contributed by atoms with E-state index in [1.54, 1.807) is 0 Å². The Morgan fingerprint density at radius 2 is 2.00 bits per heavy atom. The van der Waals surface area contributed by atoms with Gasteiger partial charge in [-0.2, -0.15) is 0 Å². The van der Waals surface area contributed by atoms with Crippen LogP contribution in [0.15, 0.2) is 22.7 Å². The molecule has 1 unspecified atom stereocenters. The molecular formula is C13H13F3N2O. The quantitative estimate of drug-likeness (QED) is 0.865. The van der Waals surface area contributed by atoms with Gasteiger partial charge >= 0.3 is 0 Å². The minimum Gasteiger partial charge on any atom is -0.439 e. The predicted octanol–water partition coefficient (Wildman–Crippen LogP) is 3.43. The topological polar surface area (TPSA) is 38.1 Å². The number of aromatic nitrogens is 1. The van der Waals surface area contributed by atoms with Crippen molar-refractivity contribution in [3.05, 3.63) is 41.7 Å². The fourth-order valence-corrected chi connectivity index (χ4v) is 1.72. The molecule has 102 valence electrons. The van der Waals surface area contributed by atoms with Crippen molar-refractivity contribution in [1.29, 1.82) is 0 Å². The van der Waals surface area contributed by atoms with Gasteiger partial charge in [0.2, 0.25) is 5.89 Å². The molecule has 1 aromatic heterocycles. The zero-order chi connectivity index (χ0) is 14.0. The Labute approximate surface area is 108 Å². The Hall–Kier alpha value is -1.82. The molecule has 0 bridgehead atoms. The highest BCUT2D eigenvalue weighted by Crippen LogP contribution is 2.27. The second kappa shape index (κ2) is 5.44. The number of nitrogens with one attached hydrogen (secondary N) is 1. The molecule has 19 heavy (non-hydrogen) atoms. The Morgan fingerprint density at radius 1 is 1.26 bits per heavy atom. The highest BCUT2D eigenvalue weighted by atomic mass is 19.2. The summed E-state index contributed by atoms with van der Waals surface area (Å²) in [6.45, 7) is 4.48. The van der Waals surface area contributed by atoms with E-state index in [2.05, 4.69) is 10.3 Å². The number of hydrogen-bond donors (Lipinski definition) is 1. The summed E-state index contributed by atoms with van der Waals surface area (Å²) < 4.78 is 44.9. The summed E-state index contributed by atoms with van der Waals surface area (Å²) in [6.07, 6.45) is 1.29. The van der Waals surface area contributed by atoms with Crippen LogP contribution in [0, 0.1) is 17.5 Å². The fraction of sp³-hybridized carbons (Fsp3) is 0.308. The third-order valence-electron chi connectivity index (χ3n) is 2.70. The van der Waals surface area contributed by atoms with E-state index in [1.807, 2.05) is 13.8 Å². The molecule has 2 rings (SSSR count). The van der Waals surface area contributed by atoms with Crippen molar-refractivity contribution < 1.29 is 17.6 Å². The van der Waals surface area contributed by atoms with Crippen LogP contribution in [0.2, 0.25) is 0 Å². The van der Waals surface area contributed by atoms with Crippen molar-refractivity contribution in [2.45, 2.75) is 19.9 Å². The van der Waals surface area contributed by atoms with Gasteiger partial charge in [0, 0.05) is 0 Å². The maximum atomic E-state index is 13.6. The monoisotopic (exact) mass is 270 g/mol. The molecule has 6 heteroatoms. The van der Waals surface area contributed by atoms with Crippen LogP contribution in [-0.2, 0) is 0 Å². The van der Waals surface area contributed by atoms with Gasteiger partial charge in [0.05, 0.1) is 17.8 Å². The molecule has 2 aromatic rings. The summed E-state index contributed by atoms with van der Waals surface area (Å²) in [5.41, 5.74) is -0.152. The highest BCUT2D eigenvalue weighted by Gasteiger charge is 2.19. The van der Waals surface area contributed by atoms with E-state index >= 15 is 0 Å². The van der Waals surface area contributed by atoms with Gasteiger partial charge in [0.15, 0.2) is 23.2 Å². The van der Waals surface area contributed by atoms with E-state index in [1.165, 1.54) is 6.20 Å². The van der Waals surface area contributed by atoms with E-state index in [9.17, 15) is 13.2 Å². The van der Waals surface area contributed by atoms with Crippen LogP contribution in [-0.4, -0.2) is 11.5 Å². The average molecular weight is 270 g/mol. The minimum atomic E-state index is -1.52. The summed E-state index contributed by atoms with van der Waals surface area (Å²) in [4.78, 5) is 3.99. The van der Waals surface area contributed by atoms with Crippen molar-refractivity contribution in [1.82, 2.24) is 10.3 Å². The first kappa shape index (κ1) is 13.6. The van der Waals surface area contributed by atoms with Crippen LogP contribution in [0.3, 0.4) is 0 Å². The molecular weight excluding hydrogens is 257 g/mol. The Morgan fingerprint density at radius 3 is 2.68 bits per heavy atom. The lowest BCUT2D eigenvalue weighted by molar-refractivity contribution is 0.422. The molecule has 0 saturated carbocycles. The van der Waals surface area contributed by atoms with Crippen LogP contribution < -0.4 is 5.32 Å². The summed E-state index contributed by atoms with van der Waals surface area (Å²) in [5.74, 6) is -3.60. The molecule has 0 amide bonds. The summed E-state index contributed by atoms with van der Waals surface area (Å²) in [5, 5.41) is 3.08. The fourth-order valence-electron chi connectivity index (χ4n) is 1.72. The number of oxazole rings is 1. The average Bonchev–Trinajstić information content (AvgIpc) is 2.86. The maximum absolute atomic E-state index is 13.6. The normalized spacial score (nSPS) is 12.7. The van der Waals surface area contributed by atoms with Crippen molar-refractivity contribution in [2.75, 3.05) is 6.54 Å². The van der Waals surface area contributed by atoms with Gasteiger partial charge in [-0.1, -0.05) is 6.92 Å². The molecule has 0 fully saturated rings. The summed E-state index contributed by atoms with van der Waals surface area (Å²) >= 11 is 0. The molecule has 0 spiro atoms. The largest absolute Gasteiger partial charge is 0.439 e. The van der Waals surface area contributed by atoms with Gasteiger partial charge in [0.1, 0.15) is 0 Å². The van der Waals surface area contributed by atoms with Crippen molar-refractivity contribution in [2.24, 2.45) is 0 Å². The van der Waals surface area contributed by atoms with Gasteiger partial charge in [-0.15, -0.1) is 0 Å². The van der Waals surface area contributed by atoms with Gasteiger partial charge in [0.25, 0.3) is 0 Å². The first-order valence-electron chi connectivity index (χ1n) is 5.87. The zero-order valence-corrected chi connectivity index (χ0v) is 10.5. The second-order valence-electron chi connectivity index (χ2n) is 4.07. The van der Waals surface area contributed by atoms with Crippen molar-refractivity contribution >= 4 is 0 Å². The zero-order valence-electron chi connectivity index (χ0n) is 10.5. The van der Waals surface area contributed by atoms with Gasteiger partial charge in [-0.05, 0) is 25.6 Å². The molecule has 0 aliphatic rings. The SMILES string of the molecule is CCNC(C)c1ncc(-c2ccc(F)c(F)c2F)o1. The Bertz CT molecular complexity index is 583. The van der Waals surface area contributed by atoms with E-state index in [0.29, 0.717) is 5.89 Å².